The second kappa shape index (κ2) is 7.21. The standard InChI is InChI=1S/C12H18N2O3S/c1-3-5-9-14-18(15,16)12-7-6-11(17-12)10-13-8-4-2/h1,6-7,13-14H,4-5,8-10H2,2H3. The third-order valence-electron chi connectivity index (χ3n) is 2.19. The van der Waals surface area contributed by atoms with Crippen LogP contribution in [0, 0.1) is 12.3 Å². The Morgan fingerprint density at radius 2 is 2.17 bits per heavy atom. The predicted molar refractivity (Wildman–Crippen MR) is 69.3 cm³/mol. The lowest BCUT2D eigenvalue weighted by Crippen LogP contribution is -2.24. The van der Waals surface area contributed by atoms with Crippen LogP contribution in [-0.4, -0.2) is 21.5 Å². The molecule has 0 aliphatic rings. The third-order valence-corrected chi connectivity index (χ3v) is 3.52. The highest BCUT2D eigenvalue weighted by molar-refractivity contribution is 7.89. The molecule has 0 spiro atoms. The van der Waals surface area contributed by atoms with Crippen molar-refractivity contribution >= 4 is 10.0 Å². The van der Waals surface area contributed by atoms with Gasteiger partial charge in [0.05, 0.1) is 6.54 Å². The summed E-state index contributed by atoms with van der Waals surface area (Å²) >= 11 is 0. The number of hydrogen-bond acceptors (Lipinski definition) is 4. The van der Waals surface area contributed by atoms with Crippen LogP contribution in [0.4, 0.5) is 0 Å². The van der Waals surface area contributed by atoms with Gasteiger partial charge in [-0.2, -0.15) is 0 Å². The van der Waals surface area contributed by atoms with Crippen LogP contribution >= 0.6 is 0 Å². The lowest BCUT2D eigenvalue weighted by Gasteiger charge is -2.02. The summed E-state index contributed by atoms with van der Waals surface area (Å²) in [6.07, 6.45) is 6.42. The molecule has 0 fully saturated rings. The first-order chi connectivity index (χ1) is 8.60. The van der Waals surface area contributed by atoms with Crippen LogP contribution in [0.25, 0.3) is 0 Å². The van der Waals surface area contributed by atoms with Crippen molar-refractivity contribution < 1.29 is 12.8 Å². The molecule has 0 aromatic carbocycles. The number of sulfonamides is 1. The normalized spacial score (nSPS) is 11.3. The van der Waals surface area contributed by atoms with E-state index in [2.05, 4.69) is 22.9 Å². The summed E-state index contributed by atoms with van der Waals surface area (Å²) in [6.45, 7) is 3.65. The zero-order valence-electron chi connectivity index (χ0n) is 10.4. The molecule has 100 valence electrons. The lowest BCUT2D eigenvalue weighted by molar-refractivity contribution is 0.400. The Morgan fingerprint density at radius 3 is 2.83 bits per heavy atom. The molecule has 2 N–H and O–H groups in total. The zero-order chi connectivity index (χ0) is 13.4. The highest BCUT2D eigenvalue weighted by Crippen LogP contribution is 2.13. The van der Waals surface area contributed by atoms with Gasteiger partial charge < -0.3 is 9.73 Å². The van der Waals surface area contributed by atoms with Gasteiger partial charge in [0.2, 0.25) is 5.09 Å². The first kappa shape index (κ1) is 14.8. The van der Waals surface area contributed by atoms with Gasteiger partial charge in [0.1, 0.15) is 5.76 Å². The summed E-state index contributed by atoms with van der Waals surface area (Å²) in [7, 11) is -3.58. The van der Waals surface area contributed by atoms with Crippen LogP contribution in [-0.2, 0) is 16.6 Å². The molecule has 0 aliphatic carbocycles. The van der Waals surface area contributed by atoms with E-state index in [9.17, 15) is 8.42 Å². The smallest absolute Gasteiger partial charge is 0.273 e. The van der Waals surface area contributed by atoms with E-state index in [-0.39, 0.29) is 11.6 Å². The van der Waals surface area contributed by atoms with Gasteiger partial charge in [0.25, 0.3) is 10.0 Å². The molecule has 6 heteroatoms. The SMILES string of the molecule is C#CCCNS(=O)(=O)c1ccc(CNCCC)o1. The van der Waals surface area contributed by atoms with E-state index in [0.29, 0.717) is 18.7 Å². The molecule has 5 nitrogen and oxygen atoms in total. The highest BCUT2D eigenvalue weighted by atomic mass is 32.2. The number of rotatable bonds is 8. The van der Waals surface area contributed by atoms with Gasteiger partial charge >= 0.3 is 0 Å². The largest absolute Gasteiger partial charge is 0.447 e. The lowest BCUT2D eigenvalue weighted by atomic mass is 10.4. The second-order valence-electron chi connectivity index (χ2n) is 3.75. The summed E-state index contributed by atoms with van der Waals surface area (Å²) < 4.78 is 31.1. The monoisotopic (exact) mass is 270 g/mol. The van der Waals surface area contributed by atoms with Gasteiger partial charge in [-0.1, -0.05) is 6.92 Å². The molecule has 18 heavy (non-hydrogen) atoms. The summed E-state index contributed by atoms with van der Waals surface area (Å²) in [6, 6.07) is 3.10. The van der Waals surface area contributed by atoms with Crippen molar-refractivity contribution in [3.63, 3.8) is 0 Å². The van der Waals surface area contributed by atoms with Crippen LogP contribution in [0.5, 0.6) is 0 Å². The van der Waals surface area contributed by atoms with E-state index in [0.717, 1.165) is 13.0 Å². The Hall–Kier alpha value is -1.29. The van der Waals surface area contributed by atoms with E-state index in [4.69, 9.17) is 10.8 Å². The van der Waals surface area contributed by atoms with E-state index >= 15 is 0 Å². The van der Waals surface area contributed by atoms with Gasteiger partial charge in [0, 0.05) is 13.0 Å². The molecule has 0 atom stereocenters. The van der Waals surface area contributed by atoms with Crippen molar-refractivity contribution in [3.05, 3.63) is 17.9 Å². The fraction of sp³-hybridized carbons (Fsp3) is 0.500. The first-order valence-corrected chi connectivity index (χ1v) is 7.31. The van der Waals surface area contributed by atoms with Gasteiger partial charge in [-0.25, -0.2) is 13.1 Å². The fourth-order valence-corrected chi connectivity index (χ4v) is 2.29. The molecular weight excluding hydrogens is 252 g/mol. The predicted octanol–water partition coefficient (Wildman–Crippen LogP) is 1.08. The molecule has 0 saturated carbocycles. The molecule has 1 aromatic heterocycles. The summed E-state index contributed by atoms with van der Waals surface area (Å²) in [4.78, 5) is 0. The van der Waals surface area contributed by atoms with Crippen molar-refractivity contribution in [2.24, 2.45) is 0 Å². The molecule has 0 aliphatic heterocycles. The molecule has 0 radical (unpaired) electrons. The Bertz CT molecular complexity index is 500. The Morgan fingerprint density at radius 1 is 1.39 bits per heavy atom. The number of furan rings is 1. The number of hydrogen-bond donors (Lipinski definition) is 2. The van der Waals surface area contributed by atoms with Crippen molar-refractivity contribution in [1.82, 2.24) is 10.0 Å². The van der Waals surface area contributed by atoms with E-state index in [1.165, 1.54) is 6.07 Å². The molecule has 1 rings (SSSR count). The number of nitrogens with one attached hydrogen (secondary N) is 2. The van der Waals surface area contributed by atoms with Gasteiger partial charge in [-0.3, -0.25) is 0 Å². The van der Waals surface area contributed by atoms with Crippen molar-refractivity contribution in [1.29, 1.82) is 0 Å². The van der Waals surface area contributed by atoms with E-state index in [1.807, 2.05) is 0 Å². The Labute approximate surface area is 108 Å². The van der Waals surface area contributed by atoms with Crippen molar-refractivity contribution in [3.8, 4) is 12.3 Å². The summed E-state index contributed by atoms with van der Waals surface area (Å²) in [5, 5.41) is 3.06. The topological polar surface area (TPSA) is 71.3 Å². The maximum Gasteiger partial charge on any atom is 0.273 e. The van der Waals surface area contributed by atoms with Crippen LogP contribution in [0.3, 0.4) is 0 Å². The average Bonchev–Trinajstić information content (AvgIpc) is 2.79. The molecule has 1 aromatic rings. The van der Waals surface area contributed by atoms with Gasteiger partial charge in [-0.05, 0) is 25.1 Å². The van der Waals surface area contributed by atoms with Gasteiger partial charge in [0.15, 0.2) is 0 Å². The Balaban J connectivity index is 2.58. The molecule has 1 heterocycles. The molecular formula is C12H18N2O3S. The Kier molecular flexibility index (Phi) is 5.92. The molecule has 0 saturated heterocycles. The molecule has 0 bridgehead atoms. The minimum absolute atomic E-state index is 0.0761. The minimum Gasteiger partial charge on any atom is -0.447 e. The maximum atomic E-state index is 11.8. The zero-order valence-corrected chi connectivity index (χ0v) is 11.2. The summed E-state index contributed by atoms with van der Waals surface area (Å²) in [5.74, 6) is 2.96. The van der Waals surface area contributed by atoms with E-state index in [1.54, 1.807) is 6.07 Å². The average molecular weight is 270 g/mol. The molecule has 0 amide bonds. The highest BCUT2D eigenvalue weighted by Gasteiger charge is 2.17. The van der Waals surface area contributed by atoms with Crippen molar-refractivity contribution in [2.45, 2.75) is 31.4 Å². The van der Waals surface area contributed by atoms with Crippen LogP contribution in [0.1, 0.15) is 25.5 Å². The number of terminal acetylenes is 1. The van der Waals surface area contributed by atoms with Crippen LogP contribution < -0.4 is 10.0 Å². The van der Waals surface area contributed by atoms with Crippen LogP contribution in [0.2, 0.25) is 0 Å². The van der Waals surface area contributed by atoms with Crippen LogP contribution in [0.15, 0.2) is 21.6 Å². The molecule has 0 unspecified atom stereocenters. The van der Waals surface area contributed by atoms with E-state index < -0.39 is 10.0 Å². The van der Waals surface area contributed by atoms with Crippen molar-refractivity contribution in [2.75, 3.05) is 13.1 Å². The second-order valence-corrected chi connectivity index (χ2v) is 5.45. The maximum absolute atomic E-state index is 11.8. The first-order valence-electron chi connectivity index (χ1n) is 5.82. The quantitative estimate of drug-likeness (QED) is 0.548. The summed E-state index contributed by atoms with van der Waals surface area (Å²) in [5.41, 5.74) is 0. The van der Waals surface area contributed by atoms with Gasteiger partial charge in [-0.15, -0.1) is 12.3 Å². The minimum atomic E-state index is -3.58. The fourth-order valence-electron chi connectivity index (χ4n) is 1.31. The third kappa shape index (κ3) is 4.53.